The van der Waals surface area contributed by atoms with Gasteiger partial charge in [0.1, 0.15) is 28.9 Å². The van der Waals surface area contributed by atoms with Crippen LogP contribution in [-0.2, 0) is 0 Å². The first-order valence-electron chi connectivity index (χ1n) is 8.86. The molecule has 2 aromatic carbocycles. The first kappa shape index (κ1) is 19.3. The quantitative estimate of drug-likeness (QED) is 0.648. The van der Waals surface area contributed by atoms with Gasteiger partial charge in [-0.15, -0.1) is 0 Å². The van der Waals surface area contributed by atoms with Crippen LogP contribution in [-0.4, -0.2) is 22.0 Å². The number of nitrogens with one attached hydrogen (secondary N) is 2. The molecule has 0 unspecified atom stereocenters. The molecule has 0 saturated heterocycles. The molecule has 28 heavy (non-hydrogen) atoms. The van der Waals surface area contributed by atoms with Crippen LogP contribution in [0, 0.1) is 12.7 Å². The maximum Gasteiger partial charge on any atom is 0.274 e. The average Bonchev–Trinajstić information content (AvgIpc) is 2.64. The molecule has 6 nitrogen and oxygen atoms in total. The number of benzene rings is 2. The summed E-state index contributed by atoms with van der Waals surface area (Å²) in [6.45, 7) is 5.53. The minimum absolute atomic E-state index is 0.0224. The van der Waals surface area contributed by atoms with E-state index in [2.05, 4.69) is 20.6 Å². The van der Waals surface area contributed by atoms with E-state index < -0.39 is 0 Å². The standard InChI is InChI=1S/C21H21FN4O2/c1-13(2)28-19-7-5-4-6-17(19)26-21(27)18-12-20(24-14(3)23-18)25-16-10-8-15(22)9-11-16/h4-13H,1-3H3,(H,26,27)(H,23,24,25). The Balaban J connectivity index is 1.81. The number of aromatic nitrogens is 2. The number of aryl methyl sites for hydroxylation is 1. The molecule has 7 heteroatoms. The number of para-hydroxylation sites is 2. The highest BCUT2D eigenvalue weighted by Crippen LogP contribution is 2.25. The number of ether oxygens (including phenoxy) is 1. The second-order valence-electron chi connectivity index (χ2n) is 6.43. The van der Waals surface area contributed by atoms with Crippen LogP contribution in [0.25, 0.3) is 0 Å². The highest BCUT2D eigenvalue weighted by molar-refractivity contribution is 6.04. The number of nitrogens with zero attached hydrogens (tertiary/aromatic N) is 2. The van der Waals surface area contributed by atoms with Crippen molar-refractivity contribution in [2.45, 2.75) is 26.9 Å². The van der Waals surface area contributed by atoms with Crippen molar-refractivity contribution >= 4 is 23.1 Å². The molecule has 0 aliphatic heterocycles. The predicted molar refractivity (Wildman–Crippen MR) is 107 cm³/mol. The monoisotopic (exact) mass is 380 g/mol. The van der Waals surface area contributed by atoms with Gasteiger partial charge in [0, 0.05) is 11.8 Å². The van der Waals surface area contributed by atoms with Crippen LogP contribution in [0.15, 0.2) is 54.6 Å². The molecule has 0 atom stereocenters. The molecule has 2 N–H and O–H groups in total. The molecule has 144 valence electrons. The van der Waals surface area contributed by atoms with Gasteiger partial charge in [-0.25, -0.2) is 14.4 Å². The van der Waals surface area contributed by atoms with Crippen LogP contribution in [0.4, 0.5) is 21.6 Å². The number of amides is 1. The number of carbonyl (C=O) groups excluding carboxylic acids is 1. The van der Waals surface area contributed by atoms with Crippen LogP contribution < -0.4 is 15.4 Å². The second-order valence-corrected chi connectivity index (χ2v) is 6.43. The van der Waals surface area contributed by atoms with Crippen molar-refractivity contribution < 1.29 is 13.9 Å². The van der Waals surface area contributed by atoms with Crippen molar-refractivity contribution in [3.63, 3.8) is 0 Å². The summed E-state index contributed by atoms with van der Waals surface area (Å²) in [4.78, 5) is 21.2. The van der Waals surface area contributed by atoms with E-state index in [0.717, 1.165) is 0 Å². The van der Waals surface area contributed by atoms with Gasteiger partial charge in [0.15, 0.2) is 0 Å². The zero-order valence-electron chi connectivity index (χ0n) is 15.9. The zero-order valence-corrected chi connectivity index (χ0v) is 15.9. The Kier molecular flexibility index (Phi) is 5.84. The van der Waals surface area contributed by atoms with Gasteiger partial charge < -0.3 is 15.4 Å². The first-order valence-corrected chi connectivity index (χ1v) is 8.86. The molecule has 0 aliphatic rings. The largest absolute Gasteiger partial charge is 0.489 e. The molecule has 1 aromatic heterocycles. The Bertz CT molecular complexity index is 974. The topological polar surface area (TPSA) is 76.1 Å². The fourth-order valence-electron chi connectivity index (χ4n) is 2.54. The smallest absolute Gasteiger partial charge is 0.274 e. The summed E-state index contributed by atoms with van der Waals surface area (Å²) in [5, 5.41) is 5.87. The Morgan fingerprint density at radius 3 is 2.50 bits per heavy atom. The lowest BCUT2D eigenvalue weighted by Gasteiger charge is -2.15. The van der Waals surface area contributed by atoms with Gasteiger partial charge in [-0.1, -0.05) is 12.1 Å². The van der Waals surface area contributed by atoms with Gasteiger partial charge in [0.25, 0.3) is 5.91 Å². The van der Waals surface area contributed by atoms with Gasteiger partial charge in [-0.3, -0.25) is 4.79 Å². The molecule has 1 heterocycles. The van der Waals surface area contributed by atoms with E-state index in [0.29, 0.717) is 28.8 Å². The summed E-state index contributed by atoms with van der Waals surface area (Å²) in [5.74, 6) is 0.750. The number of anilines is 3. The highest BCUT2D eigenvalue weighted by Gasteiger charge is 2.14. The normalized spacial score (nSPS) is 10.6. The van der Waals surface area contributed by atoms with Crippen LogP contribution in [0.2, 0.25) is 0 Å². The van der Waals surface area contributed by atoms with Gasteiger partial charge >= 0.3 is 0 Å². The maximum absolute atomic E-state index is 13.1. The number of hydrogen-bond acceptors (Lipinski definition) is 5. The van der Waals surface area contributed by atoms with Crippen LogP contribution in [0.5, 0.6) is 5.75 Å². The first-order chi connectivity index (χ1) is 13.4. The summed E-state index contributed by atoms with van der Waals surface area (Å²) in [5.41, 5.74) is 1.42. The Hall–Kier alpha value is -3.48. The molecule has 0 aliphatic carbocycles. The molecular weight excluding hydrogens is 359 g/mol. The molecule has 0 fully saturated rings. The molecular formula is C21H21FN4O2. The SMILES string of the molecule is Cc1nc(Nc2ccc(F)cc2)cc(C(=O)Nc2ccccc2OC(C)C)n1. The third-order valence-electron chi connectivity index (χ3n) is 3.69. The highest BCUT2D eigenvalue weighted by atomic mass is 19.1. The summed E-state index contributed by atoms with van der Waals surface area (Å²) < 4.78 is 18.8. The Morgan fingerprint density at radius 2 is 1.79 bits per heavy atom. The van der Waals surface area contributed by atoms with Crippen molar-refractivity contribution in [2.75, 3.05) is 10.6 Å². The second kappa shape index (κ2) is 8.47. The predicted octanol–water partition coefficient (Wildman–Crippen LogP) is 4.71. The Labute approximate surface area is 162 Å². The number of halogens is 1. The number of hydrogen-bond donors (Lipinski definition) is 2. The number of rotatable bonds is 6. The van der Waals surface area contributed by atoms with Crippen molar-refractivity contribution in [1.82, 2.24) is 9.97 Å². The molecule has 0 bridgehead atoms. The van der Waals surface area contributed by atoms with Crippen LogP contribution in [0.1, 0.15) is 30.2 Å². The van der Waals surface area contributed by atoms with E-state index in [1.165, 1.54) is 18.2 Å². The number of carbonyl (C=O) groups is 1. The van der Waals surface area contributed by atoms with E-state index >= 15 is 0 Å². The molecule has 1 amide bonds. The lowest BCUT2D eigenvalue weighted by molar-refractivity contribution is 0.102. The molecule has 0 radical (unpaired) electrons. The lowest BCUT2D eigenvalue weighted by Crippen LogP contribution is -2.17. The fourth-order valence-corrected chi connectivity index (χ4v) is 2.54. The summed E-state index contributed by atoms with van der Waals surface area (Å²) >= 11 is 0. The van der Waals surface area contributed by atoms with E-state index in [4.69, 9.17) is 4.74 Å². The van der Waals surface area contributed by atoms with E-state index in [1.807, 2.05) is 26.0 Å². The lowest BCUT2D eigenvalue weighted by atomic mass is 10.2. The molecule has 0 saturated carbocycles. The van der Waals surface area contributed by atoms with Gasteiger partial charge in [0.2, 0.25) is 0 Å². The third-order valence-corrected chi connectivity index (χ3v) is 3.69. The summed E-state index contributed by atoms with van der Waals surface area (Å²) in [6, 6.07) is 14.6. The molecule has 3 aromatic rings. The van der Waals surface area contributed by atoms with Crippen molar-refractivity contribution in [1.29, 1.82) is 0 Å². The van der Waals surface area contributed by atoms with Crippen LogP contribution in [0.3, 0.4) is 0 Å². The fraction of sp³-hybridized carbons (Fsp3) is 0.190. The Morgan fingerprint density at radius 1 is 1.07 bits per heavy atom. The zero-order chi connectivity index (χ0) is 20.1. The average molecular weight is 380 g/mol. The minimum atomic E-state index is -0.382. The van der Waals surface area contributed by atoms with Crippen LogP contribution >= 0.6 is 0 Å². The van der Waals surface area contributed by atoms with E-state index in [9.17, 15) is 9.18 Å². The third kappa shape index (κ3) is 5.03. The van der Waals surface area contributed by atoms with E-state index in [1.54, 1.807) is 31.2 Å². The van der Waals surface area contributed by atoms with E-state index in [-0.39, 0.29) is 23.5 Å². The van der Waals surface area contributed by atoms with Gasteiger partial charge in [-0.2, -0.15) is 0 Å². The van der Waals surface area contributed by atoms with Crippen molar-refractivity contribution in [3.05, 3.63) is 71.9 Å². The summed E-state index contributed by atoms with van der Waals surface area (Å²) in [6.07, 6.45) is -0.0224. The van der Waals surface area contributed by atoms with Gasteiger partial charge in [0.05, 0.1) is 11.8 Å². The maximum atomic E-state index is 13.1. The summed E-state index contributed by atoms with van der Waals surface area (Å²) in [7, 11) is 0. The van der Waals surface area contributed by atoms with Crippen molar-refractivity contribution in [3.8, 4) is 5.75 Å². The minimum Gasteiger partial charge on any atom is -0.489 e. The van der Waals surface area contributed by atoms with Gasteiger partial charge in [-0.05, 0) is 57.2 Å². The van der Waals surface area contributed by atoms with Crippen molar-refractivity contribution in [2.24, 2.45) is 0 Å². The molecule has 3 rings (SSSR count). The molecule has 0 spiro atoms.